The largest absolute Gasteiger partial charge is 0.373 e. The van der Waals surface area contributed by atoms with Crippen molar-refractivity contribution < 1.29 is 4.79 Å². The van der Waals surface area contributed by atoms with Gasteiger partial charge in [0, 0.05) is 10.2 Å². The van der Waals surface area contributed by atoms with Gasteiger partial charge in [-0.2, -0.15) is 0 Å². The second-order valence-electron chi connectivity index (χ2n) is 4.70. The predicted octanol–water partition coefficient (Wildman–Crippen LogP) is 3.72. The molecular formula is C14H16BrClN2O. The van der Waals surface area contributed by atoms with Gasteiger partial charge in [-0.15, -0.1) is 0 Å². The highest BCUT2D eigenvalue weighted by Gasteiger charge is 2.26. The van der Waals surface area contributed by atoms with Gasteiger partial charge < -0.3 is 11.1 Å². The van der Waals surface area contributed by atoms with Crippen molar-refractivity contribution in [2.24, 2.45) is 11.7 Å². The Kier molecular flexibility index (Phi) is 4.88. The molecule has 102 valence electrons. The molecule has 0 saturated heterocycles. The summed E-state index contributed by atoms with van der Waals surface area (Å²) >= 11 is 9.32. The number of nitrogens with two attached hydrogens (primary N) is 1. The Morgan fingerprint density at radius 1 is 1.47 bits per heavy atom. The van der Waals surface area contributed by atoms with Crippen LogP contribution < -0.4 is 11.1 Å². The fourth-order valence-electron chi connectivity index (χ4n) is 2.31. The second-order valence-corrected chi connectivity index (χ2v) is 5.96. The van der Waals surface area contributed by atoms with Crippen LogP contribution in [0.5, 0.6) is 0 Å². The maximum atomic E-state index is 11.7. The molecule has 5 heteroatoms. The molecule has 2 rings (SSSR count). The Morgan fingerprint density at radius 2 is 2.26 bits per heavy atom. The summed E-state index contributed by atoms with van der Waals surface area (Å²) in [4.78, 5) is 11.7. The van der Waals surface area contributed by atoms with E-state index in [0.29, 0.717) is 5.02 Å². The first-order chi connectivity index (χ1) is 9.08. The number of halogens is 2. The van der Waals surface area contributed by atoms with Crippen LogP contribution in [0.2, 0.25) is 5.02 Å². The summed E-state index contributed by atoms with van der Waals surface area (Å²) in [5.74, 6) is -0.0664. The Morgan fingerprint density at radius 3 is 2.84 bits per heavy atom. The third-order valence-electron chi connectivity index (χ3n) is 3.33. The number of rotatable bonds is 4. The van der Waals surface area contributed by atoms with E-state index in [-0.39, 0.29) is 17.9 Å². The van der Waals surface area contributed by atoms with E-state index in [0.717, 1.165) is 29.4 Å². The summed E-state index contributed by atoms with van der Waals surface area (Å²) in [6, 6.07) is 5.14. The van der Waals surface area contributed by atoms with Gasteiger partial charge in [-0.25, -0.2) is 0 Å². The summed E-state index contributed by atoms with van der Waals surface area (Å²) in [6.07, 6.45) is 7.12. The molecule has 0 fully saturated rings. The molecule has 0 aliphatic heterocycles. The van der Waals surface area contributed by atoms with Gasteiger partial charge in [-0.3, -0.25) is 4.79 Å². The van der Waals surface area contributed by atoms with E-state index in [4.69, 9.17) is 17.3 Å². The van der Waals surface area contributed by atoms with E-state index >= 15 is 0 Å². The van der Waals surface area contributed by atoms with Gasteiger partial charge in [0.1, 0.15) is 6.04 Å². The molecule has 1 aromatic rings. The van der Waals surface area contributed by atoms with Crippen molar-refractivity contribution in [2.45, 2.75) is 25.3 Å². The number of amides is 1. The second kappa shape index (κ2) is 6.44. The predicted molar refractivity (Wildman–Crippen MR) is 82.2 cm³/mol. The highest BCUT2D eigenvalue weighted by atomic mass is 79.9. The van der Waals surface area contributed by atoms with Crippen molar-refractivity contribution in [2.75, 3.05) is 5.32 Å². The van der Waals surface area contributed by atoms with E-state index < -0.39 is 0 Å². The molecule has 0 aromatic heterocycles. The third kappa shape index (κ3) is 3.74. The first kappa shape index (κ1) is 14.4. The number of hydrogen-bond acceptors (Lipinski definition) is 2. The molecule has 1 aliphatic carbocycles. The van der Waals surface area contributed by atoms with Crippen molar-refractivity contribution in [1.29, 1.82) is 0 Å². The van der Waals surface area contributed by atoms with Crippen LogP contribution in [0.15, 0.2) is 34.8 Å². The maximum Gasteiger partial charge on any atom is 0.240 e. The lowest BCUT2D eigenvalue weighted by Gasteiger charge is -2.27. The molecule has 1 aliphatic rings. The van der Waals surface area contributed by atoms with Gasteiger partial charge in [0.25, 0.3) is 0 Å². The van der Waals surface area contributed by atoms with Crippen LogP contribution in [0.3, 0.4) is 0 Å². The number of anilines is 1. The molecule has 0 saturated carbocycles. The summed E-state index contributed by atoms with van der Waals surface area (Å²) in [6.45, 7) is 0. The van der Waals surface area contributed by atoms with Crippen LogP contribution in [-0.4, -0.2) is 11.9 Å². The lowest BCUT2D eigenvalue weighted by Crippen LogP contribution is -2.41. The van der Waals surface area contributed by atoms with Crippen LogP contribution in [-0.2, 0) is 4.79 Å². The van der Waals surface area contributed by atoms with E-state index in [1.54, 1.807) is 6.07 Å². The molecule has 0 radical (unpaired) electrons. The van der Waals surface area contributed by atoms with Crippen LogP contribution in [0.1, 0.15) is 19.3 Å². The first-order valence-corrected chi connectivity index (χ1v) is 7.41. The minimum Gasteiger partial charge on any atom is -0.373 e. The normalized spacial score (nSPS) is 20.0. The lowest BCUT2D eigenvalue weighted by molar-refractivity contribution is -0.119. The Bertz CT molecular complexity index is 504. The Labute approximate surface area is 126 Å². The standard InChI is InChI=1S/C14H16BrClN2O/c15-11-8-10(6-7-12(11)16)18-13(14(17)19)9-4-2-1-3-5-9/h1-2,6-9,13,18H,3-5H2,(H2,17,19). The topological polar surface area (TPSA) is 55.1 Å². The van der Waals surface area contributed by atoms with Crippen molar-refractivity contribution >= 4 is 39.1 Å². The number of allylic oxidation sites excluding steroid dienone is 2. The van der Waals surface area contributed by atoms with Crippen molar-refractivity contribution in [3.05, 3.63) is 39.8 Å². The van der Waals surface area contributed by atoms with E-state index in [1.165, 1.54) is 0 Å². The molecule has 1 aromatic carbocycles. The summed E-state index contributed by atoms with van der Waals surface area (Å²) in [5, 5.41) is 3.86. The van der Waals surface area contributed by atoms with Crippen molar-refractivity contribution in [3.63, 3.8) is 0 Å². The Balaban J connectivity index is 2.13. The number of carbonyl (C=O) groups excluding carboxylic acids is 1. The minimum atomic E-state index is -0.349. The fraction of sp³-hybridized carbons (Fsp3) is 0.357. The SMILES string of the molecule is NC(=O)C(Nc1ccc(Cl)c(Br)c1)C1CC=CCC1. The van der Waals surface area contributed by atoms with Crippen molar-refractivity contribution in [1.82, 2.24) is 0 Å². The lowest BCUT2D eigenvalue weighted by atomic mass is 9.87. The number of carbonyl (C=O) groups is 1. The average molecular weight is 344 g/mol. The zero-order chi connectivity index (χ0) is 13.8. The van der Waals surface area contributed by atoms with Crippen LogP contribution in [0.25, 0.3) is 0 Å². The van der Waals surface area contributed by atoms with E-state index in [1.807, 2.05) is 12.1 Å². The maximum absolute atomic E-state index is 11.7. The van der Waals surface area contributed by atoms with Gasteiger partial charge in [-0.05, 0) is 59.3 Å². The molecule has 19 heavy (non-hydrogen) atoms. The van der Waals surface area contributed by atoms with Gasteiger partial charge in [0.2, 0.25) is 5.91 Å². The zero-order valence-electron chi connectivity index (χ0n) is 10.4. The van der Waals surface area contributed by atoms with Crippen LogP contribution in [0.4, 0.5) is 5.69 Å². The highest BCUT2D eigenvalue weighted by molar-refractivity contribution is 9.10. The molecule has 2 unspecified atom stereocenters. The summed E-state index contributed by atoms with van der Waals surface area (Å²) < 4.78 is 0.797. The van der Waals surface area contributed by atoms with E-state index in [2.05, 4.69) is 33.4 Å². The van der Waals surface area contributed by atoms with Crippen LogP contribution in [0, 0.1) is 5.92 Å². The molecule has 0 spiro atoms. The van der Waals surface area contributed by atoms with Gasteiger partial charge in [0.15, 0.2) is 0 Å². The number of nitrogens with one attached hydrogen (secondary N) is 1. The summed E-state index contributed by atoms with van der Waals surface area (Å²) in [7, 11) is 0. The molecular weight excluding hydrogens is 328 g/mol. The van der Waals surface area contributed by atoms with Crippen molar-refractivity contribution in [3.8, 4) is 0 Å². The molecule has 2 atom stereocenters. The highest BCUT2D eigenvalue weighted by Crippen LogP contribution is 2.28. The van der Waals surface area contributed by atoms with Crippen LogP contribution >= 0.6 is 27.5 Å². The molecule has 0 bridgehead atoms. The fourth-order valence-corrected chi connectivity index (χ4v) is 2.80. The quantitative estimate of drug-likeness (QED) is 0.819. The third-order valence-corrected chi connectivity index (χ3v) is 4.54. The van der Waals surface area contributed by atoms with E-state index in [9.17, 15) is 4.79 Å². The zero-order valence-corrected chi connectivity index (χ0v) is 12.7. The van der Waals surface area contributed by atoms with Gasteiger partial charge in [-0.1, -0.05) is 23.8 Å². The monoisotopic (exact) mass is 342 g/mol. The molecule has 0 heterocycles. The number of benzene rings is 1. The van der Waals surface area contributed by atoms with Gasteiger partial charge in [0.05, 0.1) is 5.02 Å². The summed E-state index contributed by atoms with van der Waals surface area (Å²) in [5.41, 5.74) is 6.36. The molecule has 3 nitrogen and oxygen atoms in total. The van der Waals surface area contributed by atoms with Gasteiger partial charge >= 0.3 is 0 Å². The smallest absolute Gasteiger partial charge is 0.240 e. The Hall–Kier alpha value is -1.000. The molecule has 3 N–H and O–H groups in total. The number of primary amides is 1. The first-order valence-electron chi connectivity index (χ1n) is 6.24. The minimum absolute atomic E-state index is 0.247. The molecule has 1 amide bonds. The average Bonchev–Trinajstić information content (AvgIpc) is 2.40. The number of hydrogen-bond donors (Lipinski definition) is 2.